The van der Waals surface area contributed by atoms with Crippen LogP contribution in [0.2, 0.25) is 0 Å². The Labute approximate surface area is 122 Å². The normalized spacial score (nSPS) is 11.8. The molecule has 0 radical (unpaired) electrons. The highest BCUT2D eigenvalue weighted by molar-refractivity contribution is 5.87. The minimum atomic E-state index is -0.981. The van der Waals surface area contributed by atoms with Crippen molar-refractivity contribution in [3.05, 3.63) is 29.6 Å². The second-order valence-corrected chi connectivity index (χ2v) is 4.60. The molecule has 7 heteroatoms. The van der Waals surface area contributed by atoms with Crippen LogP contribution < -0.4 is 16.2 Å². The van der Waals surface area contributed by atoms with Crippen molar-refractivity contribution in [3.63, 3.8) is 0 Å². The van der Waals surface area contributed by atoms with Gasteiger partial charge in [-0.15, -0.1) is 0 Å². The number of halogens is 1. The van der Waals surface area contributed by atoms with E-state index >= 15 is 0 Å². The predicted octanol–water partition coefficient (Wildman–Crippen LogP) is 0.386. The summed E-state index contributed by atoms with van der Waals surface area (Å²) in [4.78, 5) is 24.3. The monoisotopic (exact) mass is 297 g/mol. The van der Waals surface area contributed by atoms with Gasteiger partial charge in [-0.05, 0) is 24.6 Å². The van der Waals surface area contributed by atoms with E-state index in [0.717, 1.165) is 0 Å². The molecule has 0 aliphatic heterocycles. The Hall–Kier alpha value is -2.15. The number of rotatable bonds is 7. The van der Waals surface area contributed by atoms with Crippen LogP contribution >= 0.6 is 0 Å². The first kappa shape index (κ1) is 16.9. The van der Waals surface area contributed by atoms with Gasteiger partial charge in [-0.3, -0.25) is 9.59 Å². The third-order valence-corrected chi connectivity index (χ3v) is 3.02. The Morgan fingerprint density at radius 3 is 2.57 bits per heavy atom. The van der Waals surface area contributed by atoms with Crippen LogP contribution in [0.1, 0.15) is 18.9 Å². The summed E-state index contributed by atoms with van der Waals surface area (Å²) in [5.74, 6) is -1.39. The molecule has 0 aliphatic carbocycles. The zero-order valence-electron chi connectivity index (χ0n) is 12.1. The number of carbonyl (C=O) groups is 2. The number of amides is 2. The quantitative estimate of drug-likeness (QED) is 0.760. The molecule has 0 aromatic heterocycles. The molecule has 1 unspecified atom stereocenters. The Morgan fingerprint density at radius 2 is 2.10 bits per heavy atom. The standard InChI is InChI=1S/C14H20FN3O3/c1-3-18(14(20)11(16)7-13(17)19)8-9-4-5-12(21-2)10(15)6-9/h4-6,11H,3,7-8,16H2,1-2H3,(H2,17,19). The predicted molar refractivity (Wildman–Crippen MR) is 75.8 cm³/mol. The van der Waals surface area contributed by atoms with E-state index in [9.17, 15) is 14.0 Å². The number of primary amides is 1. The van der Waals surface area contributed by atoms with Crippen molar-refractivity contribution in [1.29, 1.82) is 0 Å². The number of hydrogen-bond acceptors (Lipinski definition) is 4. The lowest BCUT2D eigenvalue weighted by atomic mass is 10.1. The topological polar surface area (TPSA) is 98.7 Å². The minimum absolute atomic E-state index is 0.138. The van der Waals surface area contributed by atoms with E-state index in [-0.39, 0.29) is 18.7 Å². The Morgan fingerprint density at radius 1 is 1.43 bits per heavy atom. The molecule has 116 valence electrons. The molecule has 0 heterocycles. The van der Waals surface area contributed by atoms with Crippen LogP contribution in [0.3, 0.4) is 0 Å². The molecule has 1 aromatic rings. The third kappa shape index (κ3) is 4.71. The first-order chi connectivity index (χ1) is 9.88. The number of hydrogen-bond donors (Lipinski definition) is 2. The van der Waals surface area contributed by atoms with E-state index in [0.29, 0.717) is 12.1 Å². The summed E-state index contributed by atoms with van der Waals surface area (Å²) in [5, 5.41) is 0. The maximum atomic E-state index is 13.6. The molecule has 0 bridgehead atoms. The molecule has 4 N–H and O–H groups in total. The summed E-state index contributed by atoms with van der Waals surface area (Å²) in [6.07, 6.45) is -0.216. The second-order valence-electron chi connectivity index (χ2n) is 4.60. The summed E-state index contributed by atoms with van der Waals surface area (Å²) in [7, 11) is 1.38. The molecule has 1 atom stereocenters. The fourth-order valence-corrected chi connectivity index (χ4v) is 1.91. The van der Waals surface area contributed by atoms with E-state index in [1.54, 1.807) is 13.0 Å². The molecule has 2 amide bonds. The average Bonchev–Trinajstić information content (AvgIpc) is 2.43. The molecule has 6 nitrogen and oxygen atoms in total. The number of nitrogens with two attached hydrogens (primary N) is 2. The van der Waals surface area contributed by atoms with Crippen molar-refractivity contribution in [3.8, 4) is 5.75 Å². The lowest BCUT2D eigenvalue weighted by molar-refractivity contribution is -0.135. The Bertz CT molecular complexity index is 522. The van der Waals surface area contributed by atoms with E-state index in [1.165, 1.54) is 24.1 Å². The van der Waals surface area contributed by atoms with Gasteiger partial charge in [0.2, 0.25) is 11.8 Å². The smallest absolute Gasteiger partial charge is 0.240 e. The lowest BCUT2D eigenvalue weighted by Crippen LogP contribution is -2.45. The van der Waals surface area contributed by atoms with E-state index in [4.69, 9.17) is 16.2 Å². The van der Waals surface area contributed by atoms with Crippen molar-refractivity contribution < 1.29 is 18.7 Å². The largest absolute Gasteiger partial charge is 0.494 e. The van der Waals surface area contributed by atoms with Crippen molar-refractivity contribution in [2.24, 2.45) is 11.5 Å². The maximum Gasteiger partial charge on any atom is 0.240 e. The van der Waals surface area contributed by atoms with Gasteiger partial charge in [0.05, 0.1) is 19.6 Å². The fraction of sp³-hybridized carbons (Fsp3) is 0.429. The lowest BCUT2D eigenvalue weighted by Gasteiger charge is -2.24. The van der Waals surface area contributed by atoms with Gasteiger partial charge < -0.3 is 21.1 Å². The summed E-state index contributed by atoms with van der Waals surface area (Å²) >= 11 is 0. The Balaban J connectivity index is 2.80. The van der Waals surface area contributed by atoms with Crippen molar-refractivity contribution in [1.82, 2.24) is 4.90 Å². The number of nitrogens with zero attached hydrogens (tertiary/aromatic N) is 1. The van der Waals surface area contributed by atoms with E-state index < -0.39 is 23.7 Å². The zero-order chi connectivity index (χ0) is 16.0. The number of ether oxygens (including phenoxy) is 1. The molecule has 1 rings (SSSR count). The van der Waals surface area contributed by atoms with Gasteiger partial charge >= 0.3 is 0 Å². The van der Waals surface area contributed by atoms with Crippen molar-refractivity contribution >= 4 is 11.8 Å². The van der Waals surface area contributed by atoms with Crippen LogP contribution in [0.15, 0.2) is 18.2 Å². The Kier molecular flexibility index (Phi) is 6.10. The second kappa shape index (κ2) is 7.58. The summed E-state index contributed by atoms with van der Waals surface area (Å²) in [6, 6.07) is 3.48. The SMILES string of the molecule is CCN(Cc1ccc(OC)c(F)c1)C(=O)C(N)CC(N)=O. The van der Waals surface area contributed by atoms with Crippen LogP contribution in [0, 0.1) is 5.82 Å². The molecule has 0 saturated heterocycles. The average molecular weight is 297 g/mol. The maximum absolute atomic E-state index is 13.6. The van der Waals surface area contributed by atoms with Gasteiger partial charge in [0, 0.05) is 13.1 Å². The third-order valence-electron chi connectivity index (χ3n) is 3.02. The van der Waals surface area contributed by atoms with Crippen LogP contribution in [0.4, 0.5) is 4.39 Å². The molecule has 1 aromatic carbocycles. The number of carbonyl (C=O) groups excluding carboxylic acids is 2. The highest BCUT2D eigenvalue weighted by atomic mass is 19.1. The fourth-order valence-electron chi connectivity index (χ4n) is 1.91. The summed E-state index contributed by atoms with van der Waals surface area (Å²) < 4.78 is 18.5. The summed E-state index contributed by atoms with van der Waals surface area (Å²) in [5.41, 5.74) is 11.3. The van der Waals surface area contributed by atoms with Gasteiger partial charge in [-0.25, -0.2) is 4.39 Å². The van der Waals surface area contributed by atoms with Crippen LogP contribution in [0.5, 0.6) is 5.75 Å². The molecule has 0 aliphatic rings. The highest BCUT2D eigenvalue weighted by Crippen LogP contribution is 2.18. The van der Waals surface area contributed by atoms with Gasteiger partial charge in [0.15, 0.2) is 11.6 Å². The van der Waals surface area contributed by atoms with Gasteiger partial charge in [-0.1, -0.05) is 6.07 Å². The van der Waals surface area contributed by atoms with Crippen LogP contribution in [0.25, 0.3) is 0 Å². The number of methoxy groups -OCH3 is 1. The van der Waals surface area contributed by atoms with Gasteiger partial charge in [0.25, 0.3) is 0 Å². The molecular formula is C14H20FN3O3. The number of benzene rings is 1. The van der Waals surface area contributed by atoms with Gasteiger partial charge in [0.1, 0.15) is 0 Å². The van der Waals surface area contributed by atoms with Crippen LogP contribution in [-0.4, -0.2) is 36.4 Å². The highest BCUT2D eigenvalue weighted by Gasteiger charge is 2.22. The first-order valence-corrected chi connectivity index (χ1v) is 6.54. The molecule has 0 spiro atoms. The molecule has 0 fully saturated rings. The number of likely N-dealkylation sites (N-methyl/N-ethyl adjacent to an activating group) is 1. The first-order valence-electron chi connectivity index (χ1n) is 6.54. The molecule has 0 saturated carbocycles. The van der Waals surface area contributed by atoms with E-state index in [2.05, 4.69) is 0 Å². The zero-order valence-corrected chi connectivity index (χ0v) is 12.1. The van der Waals surface area contributed by atoms with Crippen molar-refractivity contribution in [2.45, 2.75) is 25.9 Å². The summed E-state index contributed by atoms with van der Waals surface area (Å²) in [6.45, 7) is 2.36. The van der Waals surface area contributed by atoms with Crippen molar-refractivity contribution in [2.75, 3.05) is 13.7 Å². The minimum Gasteiger partial charge on any atom is -0.494 e. The van der Waals surface area contributed by atoms with E-state index in [1.807, 2.05) is 0 Å². The molecular weight excluding hydrogens is 277 g/mol. The van der Waals surface area contributed by atoms with Gasteiger partial charge in [-0.2, -0.15) is 0 Å². The van der Waals surface area contributed by atoms with Crippen LogP contribution in [-0.2, 0) is 16.1 Å². The molecule has 21 heavy (non-hydrogen) atoms.